The van der Waals surface area contributed by atoms with Crippen LogP contribution in [0.15, 0.2) is 36.4 Å². The van der Waals surface area contributed by atoms with E-state index in [2.05, 4.69) is 16.2 Å². The van der Waals surface area contributed by atoms with Gasteiger partial charge in [0.05, 0.1) is 21.0 Å². The number of amides is 1. The number of carbonyl (C=O) groups is 1. The molecule has 2 aromatic rings. The number of non-ortho nitro benzene ring substituents is 1. The number of anilines is 2. The van der Waals surface area contributed by atoms with E-state index in [0.717, 1.165) is 18.2 Å². The zero-order chi connectivity index (χ0) is 21.1. The fraction of sp³-hybridized carbons (Fsp3) is 0.133. The molecule has 2 rings (SSSR count). The Morgan fingerprint density at radius 3 is 2.18 bits per heavy atom. The van der Waals surface area contributed by atoms with Crippen LogP contribution in [0, 0.1) is 20.2 Å². The lowest BCUT2D eigenvalue weighted by atomic mass is 10.1. The molecule has 0 spiro atoms. The van der Waals surface area contributed by atoms with E-state index in [1.54, 1.807) is 0 Å². The maximum Gasteiger partial charge on any atom is 0.416 e. The first-order valence-corrected chi connectivity index (χ1v) is 7.42. The molecular formula is C15H12F3N5O5. The third-order valence-electron chi connectivity index (χ3n) is 3.56. The highest BCUT2D eigenvalue weighted by atomic mass is 19.4. The summed E-state index contributed by atoms with van der Waals surface area (Å²) >= 11 is 0. The molecule has 0 heterocycles. The Kier molecular flexibility index (Phi) is 5.67. The summed E-state index contributed by atoms with van der Waals surface area (Å²) in [6.45, 7) is 0. The third kappa shape index (κ3) is 4.44. The van der Waals surface area contributed by atoms with E-state index in [0.29, 0.717) is 12.1 Å². The van der Waals surface area contributed by atoms with Gasteiger partial charge in [-0.25, -0.2) is 0 Å². The topological polar surface area (TPSA) is 139 Å². The van der Waals surface area contributed by atoms with E-state index in [4.69, 9.17) is 0 Å². The van der Waals surface area contributed by atoms with Gasteiger partial charge in [-0.2, -0.15) is 13.2 Å². The molecule has 0 aromatic heterocycles. The standard InChI is InChI=1S/C15H12F3N5O5/c1-19-11-5-3-9(22(25)26)7-10(11)14(24)21-20-12-4-2-8(15(16,17)18)6-13(12)23(27)28/h2-7,19-20H,1H3,(H,21,24). The van der Waals surface area contributed by atoms with Crippen LogP contribution in [-0.2, 0) is 6.18 Å². The predicted molar refractivity (Wildman–Crippen MR) is 91.8 cm³/mol. The Balaban J connectivity index is 2.29. The van der Waals surface area contributed by atoms with Gasteiger partial charge >= 0.3 is 6.18 Å². The van der Waals surface area contributed by atoms with Crippen LogP contribution >= 0.6 is 0 Å². The molecule has 2 aromatic carbocycles. The van der Waals surface area contributed by atoms with Crippen molar-refractivity contribution in [3.8, 4) is 0 Å². The van der Waals surface area contributed by atoms with Crippen LogP contribution in [0.5, 0.6) is 0 Å². The first-order chi connectivity index (χ1) is 13.0. The highest BCUT2D eigenvalue weighted by Gasteiger charge is 2.33. The first-order valence-electron chi connectivity index (χ1n) is 7.42. The van der Waals surface area contributed by atoms with E-state index in [-0.39, 0.29) is 16.9 Å². The predicted octanol–water partition coefficient (Wildman–Crippen LogP) is 3.32. The summed E-state index contributed by atoms with van der Waals surface area (Å²) in [5, 5.41) is 24.5. The quantitative estimate of drug-likeness (QED) is 0.500. The minimum atomic E-state index is -4.78. The Labute approximate surface area is 154 Å². The third-order valence-corrected chi connectivity index (χ3v) is 3.56. The van der Waals surface area contributed by atoms with Crippen LogP contribution < -0.4 is 16.2 Å². The van der Waals surface area contributed by atoms with Crippen molar-refractivity contribution < 1.29 is 27.8 Å². The number of hydrogen-bond acceptors (Lipinski definition) is 7. The van der Waals surface area contributed by atoms with Crippen molar-refractivity contribution in [1.82, 2.24) is 5.43 Å². The van der Waals surface area contributed by atoms with Crippen molar-refractivity contribution in [2.75, 3.05) is 17.8 Å². The molecule has 0 unspecified atom stereocenters. The Hall–Kier alpha value is -3.90. The number of halogens is 3. The molecule has 10 nitrogen and oxygen atoms in total. The van der Waals surface area contributed by atoms with Crippen LogP contribution in [0.3, 0.4) is 0 Å². The number of nitrogens with zero attached hydrogens (tertiary/aromatic N) is 2. The van der Waals surface area contributed by atoms with E-state index < -0.39 is 38.9 Å². The summed E-state index contributed by atoms with van der Waals surface area (Å²) in [6, 6.07) is 5.14. The number of nitro benzene ring substituents is 2. The Morgan fingerprint density at radius 1 is 1.00 bits per heavy atom. The fourth-order valence-electron chi connectivity index (χ4n) is 2.21. The van der Waals surface area contributed by atoms with E-state index >= 15 is 0 Å². The lowest BCUT2D eigenvalue weighted by Crippen LogP contribution is -2.30. The molecule has 28 heavy (non-hydrogen) atoms. The number of nitrogens with one attached hydrogen (secondary N) is 3. The number of benzene rings is 2. The zero-order valence-electron chi connectivity index (χ0n) is 14.0. The lowest BCUT2D eigenvalue weighted by Gasteiger charge is -2.13. The van der Waals surface area contributed by atoms with E-state index in [1.807, 2.05) is 0 Å². The van der Waals surface area contributed by atoms with Crippen molar-refractivity contribution in [3.63, 3.8) is 0 Å². The SMILES string of the molecule is CNc1ccc([N+](=O)[O-])cc1C(=O)NNc1ccc(C(F)(F)F)cc1[N+](=O)[O-]. The van der Waals surface area contributed by atoms with Crippen molar-refractivity contribution >= 4 is 28.7 Å². The van der Waals surface area contributed by atoms with Gasteiger partial charge in [0.2, 0.25) is 0 Å². The lowest BCUT2D eigenvalue weighted by molar-refractivity contribution is -0.384. The molecule has 0 atom stereocenters. The van der Waals surface area contributed by atoms with Crippen molar-refractivity contribution in [2.45, 2.75) is 6.18 Å². The largest absolute Gasteiger partial charge is 0.416 e. The number of nitro groups is 2. The number of hydrazine groups is 1. The van der Waals surface area contributed by atoms with Gasteiger partial charge in [-0.05, 0) is 18.2 Å². The van der Waals surface area contributed by atoms with Crippen molar-refractivity contribution in [3.05, 3.63) is 67.8 Å². The van der Waals surface area contributed by atoms with Crippen LogP contribution in [0.2, 0.25) is 0 Å². The van der Waals surface area contributed by atoms with Gasteiger partial charge in [0.1, 0.15) is 5.69 Å². The van der Waals surface area contributed by atoms with Gasteiger partial charge in [0.25, 0.3) is 17.3 Å². The van der Waals surface area contributed by atoms with Crippen LogP contribution in [0.1, 0.15) is 15.9 Å². The highest BCUT2D eigenvalue weighted by molar-refractivity contribution is 6.01. The smallest absolute Gasteiger partial charge is 0.387 e. The maximum absolute atomic E-state index is 12.7. The van der Waals surface area contributed by atoms with E-state index in [9.17, 15) is 38.2 Å². The Morgan fingerprint density at radius 2 is 1.64 bits per heavy atom. The number of rotatable bonds is 6. The van der Waals surface area contributed by atoms with Gasteiger partial charge in [0.15, 0.2) is 0 Å². The second-order valence-corrected chi connectivity index (χ2v) is 5.30. The first kappa shape index (κ1) is 20.4. The van der Waals surface area contributed by atoms with Crippen LogP contribution in [0.4, 0.5) is 35.9 Å². The highest BCUT2D eigenvalue weighted by Crippen LogP contribution is 2.34. The molecule has 0 aliphatic heterocycles. The second-order valence-electron chi connectivity index (χ2n) is 5.30. The molecule has 148 valence electrons. The second kappa shape index (κ2) is 7.77. The van der Waals surface area contributed by atoms with Crippen molar-refractivity contribution in [1.29, 1.82) is 0 Å². The summed E-state index contributed by atoms with van der Waals surface area (Å²) in [7, 11) is 1.46. The minimum Gasteiger partial charge on any atom is -0.387 e. The van der Waals surface area contributed by atoms with E-state index in [1.165, 1.54) is 13.1 Å². The number of alkyl halides is 3. The number of hydrogen-bond donors (Lipinski definition) is 3. The fourth-order valence-corrected chi connectivity index (χ4v) is 2.21. The molecule has 0 saturated heterocycles. The van der Waals surface area contributed by atoms with Crippen molar-refractivity contribution in [2.24, 2.45) is 0 Å². The average Bonchev–Trinajstić information content (AvgIpc) is 2.64. The molecule has 0 aliphatic carbocycles. The Bertz CT molecular complexity index is 948. The number of carbonyl (C=O) groups excluding carboxylic acids is 1. The molecule has 0 fully saturated rings. The van der Waals surface area contributed by atoms with Gasteiger partial charge in [0, 0.05) is 30.9 Å². The molecule has 3 N–H and O–H groups in total. The molecule has 0 radical (unpaired) electrons. The molecule has 0 bridgehead atoms. The summed E-state index contributed by atoms with van der Waals surface area (Å²) < 4.78 is 38.1. The molecule has 0 aliphatic rings. The normalized spacial score (nSPS) is 10.9. The molecule has 0 saturated carbocycles. The summed E-state index contributed by atoms with van der Waals surface area (Å²) in [4.78, 5) is 32.4. The average molecular weight is 399 g/mol. The van der Waals surface area contributed by atoms with Gasteiger partial charge < -0.3 is 5.32 Å². The summed E-state index contributed by atoms with van der Waals surface area (Å²) in [6.07, 6.45) is -4.78. The van der Waals surface area contributed by atoms with Gasteiger partial charge in [-0.1, -0.05) is 0 Å². The van der Waals surface area contributed by atoms with Gasteiger partial charge in [-0.3, -0.25) is 35.9 Å². The summed E-state index contributed by atoms with van der Waals surface area (Å²) in [5.74, 6) is -0.901. The van der Waals surface area contributed by atoms with Crippen LogP contribution in [0.25, 0.3) is 0 Å². The molecule has 13 heteroatoms. The minimum absolute atomic E-state index is 0.154. The maximum atomic E-state index is 12.7. The zero-order valence-corrected chi connectivity index (χ0v) is 14.0. The molecular weight excluding hydrogens is 387 g/mol. The van der Waals surface area contributed by atoms with Crippen LogP contribution in [-0.4, -0.2) is 22.8 Å². The molecule has 1 amide bonds. The van der Waals surface area contributed by atoms with Gasteiger partial charge in [-0.15, -0.1) is 0 Å². The monoisotopic (exact) mass is 399 g/mol. The summed E-state index contributed by atoms with van der Waals surface area (Å²) in [5.41, 5.74) is 1.40.